The van der Waals surface area contributed by atoms with Crippen LogP contribution in [-0.4, -0.2) is 50.9 Å². The predicted octanol–water partition coefficient (Wildman–Crippen LogP) is 4.53. The molecule has 3 rings (SSSR count). The highest BCUT2D eigenvalue weighted by atomic mass is 32.2. The van der Waals surface area contributed by atoms with Crippen LogP contribution < -0.4 is 14.4 Å². The molecule has 0 fully saturated rings. The first-order valence-electron chi connectivity index (χ1n) is 13.1. The molecule has 208 valence electrons. The summed E-state index contributed by atoms with van der Waals surface area (Å²) in [6.07, 6.45) is 0.375. The van der Waals surface area contributed by atoms with Gasteiger partial charge in [-0.25, -0.2) is 8.42 Å². The number of amides is 2. The second kappa shape index (κ2) is 13.8. The molecule has 39 heavy (non-hydrogen) atoms. The van der Waals surface area contributed by atoms with Crippen LogP contribution in [0, 0.1) is 6.92 Å². The Bertz CT molecular complexity index is 1340. The number of para-hydroxylation sites is 1. The van der Waals surface area contributed by atoms with Gasteiger partial charge in [-0.3, -0.25) is 13.9 Å². The van der Waals surface area contributed by atoms with E-state index in [9.17, 15) is 18.0 Å². The number of carbonyl (C=O) groups excluding carboxylic acids is 2. The Hall–Kier alpha value is -3.85. The van der Waals surface area contributed by atoms with E-state index < -0.39 is 28.5 Å². The smallest absolute Gasteiger partial charge is 0.264 e. The highest BCUT2D eigenvalue weighted by Gasteiger charge is 2.33. The maximum Gasteiger partial charge on any atom is 0.264 e. The van der Waals surface area contributed by atoms with E-state index in [0.717, 1.165) is 15.4 Å². The second-order valence-corrected chi connectivity index (χ2v) is 10.9. The molecule has 3 aromatic rings. The monoisotopic (exact) mass is 551 g/mol. The quantitative estimate of drug-likeness (QED) is 0.337. The molecule has 0 aromatic heterocycles. The summed E-state index contributed by atoms with van der Waals surface area (Å²) in [4.78, 5) is 28.5. The second-order valence-electron chi connectivity index (χ2n) is 9.02. The maximum absolute atomic E-state index is 14.0. The van der Waals surface area contributed by atoms with E-state index in [0.29, 0.717) is 31.0 Å². The molecule has 3 aromatic carbocycles. The summed E-state index contributed by atoms with van der Waals surface area (Å²) in [6.45, 7) is 8.02. The van der Waals surface area contributed by atoms with Gasteiger partial charge in [0.25, 0.3) is 10.0 Å². The summed E-state index contributed by atoms with van der Waals surface area (Å²) in [7, 11) is -4.13. The van der Waals surface area contributed by atoms with Crippen molar-refractivity contribution in [1.82, 2.24) is 10.2 Å². The Kier molecular flexibility index (Phi) is 10.5. The topological polar surface area (TPSA) is 96.0 Å². The summed E-state index contributed by atoms with van der Waals surface area (Å²) in [5.74, 6) is -0.201. The van der Waals surface area contributed by atoms with Gasteiger partial charge in [-0.1, -0.05) is 49.4 Å². The largest absolute Gasteiger partial charge is 0.494 e. The first kappa shape index (κ1) is 29.7. The lowest BCUT2D eigenvalue weighted by atomic mass is 10.1. The molecule has 0 aliphatic carbocycles. The molecule has 0 unspecified atom stereocenters. The van der Waals surface area contributed by atoms with E-state index in [1.54, 1.807) is 42.5 Å². The van der Waals surface area contributed by atoms with E-state index in [2.05, 4.69) is 5.32 Å². The minimum Gasteiger partial charge on any atom is -0.494 e. The van der Waals surface area contributed by atoms with Crippen molar-refractivity contribution in [1.29, 1.82) is 0 Å². The van der Waals surface area contributed by atoms with Crippen molar-refractivity contribution in [2.75, 3.05) is 24.0 Å². The Morgan fingerprint density at radius 2 is 1.54 bits per heavy atom. The van der Waals surface area contributed by atoms with Crippen molar-refractivity contribution in [3.63, 3.8) is 0 Å². The minimum absolute atomic E-state index is 0.0313. The molecule has 0 saturated heterocycles. The molecule has 0 aliphatic rings. The number of benzene rings is 3. The number of aryl methyl sites for hydroxylation is 1. The fraction of sp³-hybridized carbons (Fsp3) is 0.333. The van der Waals surface area contributed by atoms with Crippen LogP contribution in [0.5, 0.6) is 5.75 Å². The lowest BCUT2D eigenvalue weighted by molar-refractivity contribution is -0.140. The van der Waals surface area contributed by atoms with Crippen molar-refractivity contribution in [2.45, 2.75) is 51.6 Å². The molecule has 0 radical (unpaired) electrons. The number of carbonyl (C=O) groups is 2. The molecule has 1 N–H and O–H groups in total. The van der Waals surface area contributed by atoms with Crippen LogP contribution in [0.4, 0.5) is 5.69 Å². The molecule has 0 saturated carbocycles. The molecule has 0 aliphatic heterocycles. The average molecular weight is 552 g/mol. The van der Waals surface area contributed by atoms with Crippen LogP contribution in [0.15, 0.2) is 83.8 Å². The number of anilines is 1. The molecule has 0 spiro atoms. The summed E-state index contributed by atoms with van der Waals surface area (Å²) < 4.78 is 34.3. The van der Waals surface area contributed by atoms with Gasteiger partial charge in [-0.05, 0) is 74.7 Å². The third-order valence-electron chi connectivity index (χ3n) is 6.38. The van der Waals surface area contributed by atoms with Crippen LogP contribution in [-0.2, 0) is 26.2 Å². The summed E-state index contributed by atoms with van der Waals surface area (Å²) in [5.41, 5.74) is 2.21. The lowest BCUT2D eigenvalue weighted by Gasteiger charge is -2.33. The normalized spacial score (nSPS) is 11.9. The van der Waals surface area contributed by atoms with Gasteiger partial charge in [-0.2, -0.15) is 0 Å². The number of nitrogens with zero attached hydrogens (tertiary/aromatic N) is 2. The predicted molar refractivity (Wildman–Crippen MR) is 153 cm³/mol. The zero-order chi connectivity index (χ0) is 28.4. The van der Waals surface area contributed by atoms with E-state index in [4.69, 9.17) is 4.74 Å². The first-order chi connectivity index (χ1) is 18.7. The number of rotatable bonds is 13. The van der Waals surface area contributed by atoms with Crippen LogP contribution >= 0.6 is 0 Å². The van der Waals surface area contributed by atoms with Crippen LogP contribution in [0.1, 0.15) is 38.3 Å². The van der Waals surface area contributed by atoms with Crippen molar-refractivity contribution in [2.24, 2.45) is 0 Å². The molecular formula is C30H37N3O5S. The average Bonchev–Trinajstić information content (AvgIpc) is 2.93. The highest BCUT2D eigenvalue weighted by molar-refractivity contribution is 7.92. The molecule has 1 atom stereocenters. The Morgan fingerprint density at radius 3 is 2.13 bits per heavy atom. The highest BCUT2D eigenvalue weighted by Crippen LogP contribution is 2.26. The van der Waals surface area contributed by atoms with Crippen molar-refractivity contribution < 1.29 is 22.7 Å². The Balaban J connectivity index is 2.03. The number of likely N-dealkylation sites (N-methyl/N-ethyl adjacent to an activating group) is 1. The Morgan fingerprint density at radius 1 is 0.897 bits per heavy atom. The zero-order valence-corrected chi connectivity index (χ0v) is 23.8. The van der Waals surface area contributed by atoms with Gasteiger partial charge in [0, 0.05) is 13.1 Å². The molecule has 0 heterocycles. The molecule has 9 heteroatoms. The first-order valence-corrected chi connectivity index (χ1v) is 14.6. The van der Waals surface area contributed by atoms with E-state index in [1.807, 2.05) is 52.0 Å². The summed E-state index contributed by atoms with van der Waals surface area (Å²) in [5, 5.41) is 2.81. The lowest BCUT2D eigenvalue weighted by Crippen LogP contribution is -2.52. The summed E-state index contributed by atoms with van der Waals surface area (Å²) in [6, 6.07) is 21.5. The van der Waals surface area contributed by atoms with Crippen molar-refractivity contribution >= 4 is 27.5 Å². The van der Waals surface area contributed by atoms with Gasteiger partial charge in [0.05, 0.1) is 17.2 Å². The van der Waals surface area contributed by atoms with Crippen LogP contribution in [0.2, 0.25) is 0 Å². The van der Waals surface area contributed by atoms with E-state index in [-0.39, 0.29) is 17.3 Å². The fourth-order valence-corrected chi connectivity index (χ4v) is 5.72. The number of sulfonamides is 1. The van der Waals surface area contributed by atoms with Gasteiger partial charge in [-0.15, -0.1) is 0 Å². The third-order valence-corrected chi connectivity index (χ3v) is 8.17. The molecule has 0 bridgehead atoms. The number of ether oxygens (including phenoxy) is 1. The SMILES string of the molecule is CCNC(=O)[C@@H](CC)N(Cc1ccccc1C)C(=O)CN(c1ccccc1)S(=O)(=O)c1ccc(OCC)cc1. The van der Waals surface area contributed by atoms with Gasteiger partial charge < -0.3 is 15.0 Å². The number of hydrogen-bond acceptors (Lipinski definition) is 5. The van der Waals surface area contributed by atoms with Crippen LogP contribution in [0.3, 0.4) is 0 Å². The van der Waals surface area contributed by atoms with E-state index in [1.165, 1.54) is 17.0 Å². The van der Waals surface area contributed by atoms with Gasteiger partial charge >= 0.3 is 0 Å². The maximum atomic E-state index is 14.0. The van der Waals surface area contributed by atoms with Crippen LogP contribution in [0.25, 0.3) is 0 Å². The minimum atomic E-state index is -4.13. The van der Waals surface area contributed by atoms with Gasteiger partial charge in [0.15, 0.2) is 0 Å². The standard InChI is InChI=1S/C30H37N3O5S/c1-5-28(30(35)31-6-2)32(21-24-14-12-11-13-23(24)4)29(34)22-33(25-15-9-8-10-16-25)39(36,37)27-19-17-26(18-20-27)38-7-3/h8-20,28H,5-7,21-22H2,1-4H3,(H,31,35)/t28-/m1/s1. The molecular weight excluding hydrogens is 514 g/mol. The molecule has 2 amide bonds. The fourth-order valence-electron chi connectivity index (χ4n) is 4.31. The number of nitrogens with one attached hydrogen (secondary N) is 1. The zero-order valence-electron chi connectivity index (χ0n) is 23.0. The summed E-state index contributed by atoms with van der Waals surface area (Å²) >= 11 is 0. The van der Waals surface area contributed by atoms with Gasteiger partial charge in [0.2, 0.25) is 11.8 Å². The molecule has 8 nitrogen and oxygen atoms in total. The van der Waals surface area contributed by atoms with E-state index >= 15 is 0 Å². The Labute approximate surface area is 231 Å². The van der Waals surface area contributed by atoms with Crippen molar-refractivity contribution in [3.05, 3.63) is 90.0 Å². The third kappa shape index (κ3) is 7.38. The van der Waals surface area contributed by atoms with Gasteiger partial charge in [0.1, 0.15) is 18.3 Å². The van der Waals surface area contributed by atoms with Crippen molar-refractivity contribution in [3.8, 4) is 5.75 Å². The number of hydrogen-bond donors (Lipinski definition) is 1.